The molecule has 1 aromatic carbocycles. The molecule has 1 atom stereocenters. The first-order chi connectivity index (χ1) is 8.31. The van der Waals surface area contributed by atoms with Gasteiger partial charge in [-0.1, -0.05) is 18.2 Å². The van der Waals surface area contributed by atoms with Crippen LogP contribution in [0.25, 0.3) is 0 Å². The molecule has 3 heteroatoms. The lowest BCUT2D eigenvalue weighted by Crippen LogP contribution is -2.28. The third-order valence-corrected chi connectivity index (χ3v) is 3.11. The number of benzene rings is 1. The molecule has 0 saturated carbocycles. The van der Waals surface area contributed by atoms with Crippen LogP contribution in [0.15, 0.2) is 29.3 Å². The van der Waals surface area contributed by atoms with E-state index in [1.165, 1.54) is 18.4 Å². The highest BCUT2D eigenvalue weighted by molar-refractivity contribution is 5.83. The highest BCUT2D eigenvalue weighted by Gasteiger charge is 2.13. The molecule has 0 spiro atoms. The second-order valence-electron chi connectivity index (χ2n) is 4.39. The molecule has 17 heavy (non-hydrogen) atoms. The second kappa shape index (κ2) is 5.71. The fraction of sp³-hybridized carbons (Fsp3) is 0.500. The van der Waals surface area contributed by atoms with Gasteiger partial charge in [-0.2, -0.15) is 0 Å². The number of hydrogen-bond acceptors (Lipinski definition) is 3. The van der Waals surface area contributed by atoms with Gasteiger partial charge in [0.1, 0.15) is 5.75 Å². The number of nitrogens with zero attached hydrogens (tertiary/aromatic N) is 1. The third kappa shape index (κ3) is 2.99. The van der Waals surface area contributed by atoms with Gasteiger partial charge < -0.3 is 10.1 Å². The lowest BCUT2D eigenvalue weighted by molar-refractivity contribution is 0.405. The highest BCUT2D eigenvalue weighted by Crippen LogP contribution is 2.24. The molecule has 3 nitrogen and oxygen atoms in total. The topological polar surface area (TPSA) is 33.6 Å². The summed E-state index contributed by atoms with van der Waals surface area (Å²) in [6, 6.07) is 8.37. The van der Waals surface area contributed by atoms with E-state index >= 15 is 0 Å². The summed E-state index contributed by atoms with van der Waals surface area (Å²) in [5.74, 6) is 2.07. The van der Waals surface area contributed by atoms with Crippen LogP contribution in [0.1, 0.15) is 37.8 Å². The third-order valence-electron chi connectivity index (χ3n) is 3.11. The fourth-order valence-corrected chi connectivity index (χ4v) is 2.17. The van der Waals surface area contributed by atoms with Gasteiger partial charge in [-0.05, 0) is 25.8 Å². The van der Waals surface area contributed by atoms with Gasteiger partial charge in [0.15, 0.2) is 0 Å². The molecule has 0 bridgehead atoms. The Bertz CT molecular complexity index is 401. The van der Waals surface area contributed by atoms with Crippen molar-refractivity contribution < 1.29 is 4.74 Å². The van der Waals surface area contributed by atoms with Gasteiger partial charge in [0.25, 0.3) is 0 Å². The summed E-state index contributed by atoms with van der Waals surface area (Å²) in [4.78, 5) is 4.52. The highest BCUT2D eigenvalue weighted by atomic mass is 16.5. The molecule has 0 amide bonds. The van der Waals surface area contributed by atoms with E-state index in [9.17, 15) is 0 Å². The predicted molar refractivity (Wildman–Crippen MR) is 70.7 cm³/mol. The van der Waals surface area contributed by atoms with Gasteiger partial charge in [0.2, 0.25) is 0 Å². The van der Waals surface area contributed by atoms with Crippen LogP contribution in [-0.2, 0) is 0 Å². The molecule has 0 unspecified atom stereocenters. The van der Waals surface area contributed by atoms with E-state index in [1.54, 1.807) is 7.11 Å². The molecule has 0 saturated heterocycles. The van der Waals surface area contributed by atoms with Crippen LogP contribution in [0.3, 0.4) is 0 Å². The standard InChI is InChI=1S/C14H20N2O/c1-11(16-14-9-5-6-10-15-14)12-7-3-4-8-13(12)17-2/h3-4,7-8,11H,5-6,9-10H2,1-2H3,(H,15,16)/t11-/m0/s1. The fourth-order valence-electron chi connectivity index (χ4n) is 2.17. The van der Waals surface area contributed by atoms with Gasteiger partial charge in [-0.3, -0.25) is 4.99 Å². The maximum absolute atomic E-state index is 5.38. The average Bonchev–Trinajstić information content (AvgIpc) is 2.40. The van der Waals surface area contributed by atoms with Crippen molar-refractivity contribution in [3.8, 4) is 5.75 Å². The van der Waals surface area contributed by atoms with Gasteiger partial charge in [-0.25, -0.2) is 0 Å². The number of methoxy groups -OCH3 is 1. The lowest BCUT2D eigenvalue weighted by Gasteiger charge is -2.21. The zero-order valence-corrected chi connectivity index (χ0v) is 10.6. The molecule has 92 valence electrons. The van der Waals surface area contributed by atoms with Gasteiger partial charge in [0, 0.05) is 18.5 Å². The number of para-hydroxylation sites is 1. The molecule has 2 rings (SSSR count). The Morgan fingerprint density at radius 2 is 2.12 bits per heavy atom. The van der Waals surface area contributed by atoms with E-state index in [0.717, 1.165) is 24.6 Å². The normalized spacial score (nSPS) is 17.2. The summed E-state index contributed by atoms with van der Waals surface area (Å²) >= 11 is 0. The SMILES string of the molecule is COc1ccccc1[C@H](C)NC1=NCCCC1. The molecule has 0 radical (unpaired) electrons. The summed E-state index contributed by atoms with van der Waals surface area (Å²) < 4.78 is 5.38. The van der Waals surface area contributed by atoms with Crippen molar-refractivity contribution in [2.45, 2.75) is 32.2 Å². The molecule has 1 aliphatic heterocycles. The van der Waals surface area contributed by atoms with Crippen LogP contribution in [0, 0.1) is 0 Å². The van der Waals surface area contributed by atoms with E-state index in [4.69, 9.17) is 4.74 Å². The quantitative estimate of drug-likeness (QED) is 0.869. The van der Waals surface area contributed by atoms with Crippen LogP contribution in [0.5, 0.6) is 5.75 Å². The Labute approximate surface area is 103 Å². The monoisotopic (exact) mass is 232 g/mol. The summed E-state index contributed by atoms with van der Waals surface area (Å²) in [5.41, 5.74) is 1.18. The van der Waals surface area contributed by atoms with Crippen LogP contribution >= 0.6 is 0 Å². The van der Waals surface area contributed by atoms with Crippen molar-refractivity contribution >= 4 is 5.84 Å². The second-order valence-corrected chi connectivity index (χ2v) is 4.39. The van der Waals surface area contributed by atoms with Crippen molar-refractivity contribution in [3.05, 3.63) is 29.8 Å². The molecule has 1 aromatic rings. The number of hydrogen-bond donors (Lipinski definition) is 1. The maximum atomic E-state index is 5.38. The van der Waals surface area contributed by atoms with Crippen molar-refractivity contribution in [1.29, 1.82) is 0 Å². The number of aliphatic imine (C=N–C) groups is 1. The Kier molecular flexibility index (Phi) is 4.02. The summed E-state index contributed by atoms with van der Waals surface area (Å²) in [6.45, 7) is 3.11. The van der Waals surface area contributed by atoms with Crippen LogP contribution in [0.4, 0.5) is 0 Å². The Morgan fingerprint density at radius 3 is 2.82 bits per heavy atom. The maximum Gasteiger partial charge on any atom is 0.124 e. The molecule has 0 fully saturated rings. The number of ether oxygens (including phenoxy) is 1. The summed E-state index contributed by atoms with van der Waals surface area (Å²) in [6.07, 6.45) is 3.53. The van der Waals surface area contributed by atoms with Crippen molar-refractivity contribution in [2.24, 2.45) is 4.99 Å². The average molecular weight is 232 g/mol. The number of rotatable bonds is 3. The minimum absolute atomic E-state index is 0.239. The Hall–Kier alpha value is -1.51. The van der Waals surface area contributed by atoms with E-state index < -0.39 is 0 Å². The first kappa shape index (κ1) is 12.0. The first-order valence-electron chi connectivity index (χ1n) is 6.24. The van der Waals surface area contributed by atoms with Crippen LogP contribution in [0.2, 0.25) is 0 Å². The minimum atomic E-state index is 0.239. The van der Waals surface area contributed by atoms with Gasteiger partial charge >= 0.3 is 0 Å². The van der Waals surface area contributed by atoms with Crippen molar-refractivity contribution in [2.75, 3.05) is 13.7 Å². The first-order valence-corrected chi connectivity index (χ1v) is 6.24. The number of amidine groups is 1. The minimum Gasteiger partial charge on any atom is -0.496 e. The summed E-state index contributed by atoms with van der Waals surface area (Å²) in [5, 5.41) is 3.48. The molecular formula is C14H20N2O. The van der Waals surface area contributed by atoms with Crippen molar-refractivity contribution in [3.63, 3.8) is 0 Å². The molecule has 0 aliphatic carbocycles. The van der Waals surface area contributed by atoms with E-state index in [0.29, 0.717) is 0 Å². The molecule has 1 heterocycles. The Morgan fingerprint density at radius 1 is 1.29 bits per heavy atom. The molecule has 1 aliphatic rings. The molecular weight excluding hydrogens is 212 g/mol. The van der Waals surface area contributed by atoms with E-state index in [-0.39, 0.29) is 6.04 Å². The lowest BCUT2D eigenvalue weighted by atomic mass is 10.1. The largest absolute Gasteiger partial charge is 0.496 e. The predicted octanol–water partition coefficient (Wildman–Crippen LogP) is 2.93. The van der Waals surface area contributed by atoms with E-state index in [2.05, 4.69) is 23.3 Å². The molecule has 0 aromatic heterocycles. The van der Waals surface area contributed by atoms with Gasteiger partial charge in [-0.15, -0.1) is 0 Å². The van der Waals surface area contributed by atoms with Gasteiger partial charge in [0.05, 0.1) is 19.0 Å². The number of nitrogens with one attached hydrogen (secondary N) is 1. The van der Waals surface area contributed by atoms with Crippen LogP contribution < -0.4 is 10.1 Å². The zero-order valence-electron chi connectivity index (χ0n) is 10.6. The summed E-state index contributed by atoms with van der Waals surface area (Å²) in [7, 11) is 1.71. The van der Waals surface area contributed by atoms with Crippen molar-refractivity contribution in [1.82, 2.24) is 5.32 Å². The Balaban J connectivity index is 2.08. The smallest absolute Gasteiger partial charge is 0.124 e. The van der Waals surface area contributed by atoms with E-state index in [1.807, 2.05) is 18.2 Å². The van der Waals surface area contributed by atoms with Crippen LogP contribution in [-0.4, -0.2) is 19.5 Å². The zero-order chi connectivity index (χ0) is 12.1. The molecule has 1 N–H and O–H groups in total.